The Hall–Kier alpha value is -0.610. The standard InChI is InChI=1S/C9H17N3O/c1-11-5-8-3-7(10-13)4-9(6-11)12(8)2/h8-9,13H,3-6H2,1-2H3. The van der Waals surface area contributed by atoms with Gasteiger partial charge in [0.25, 0.3) is 0 Å². The molecule has 2 rings (SSSR count). The zero-order chi connectivity index (χ0) is 9.42. The summed E-state index contributed by atoms with van der Waals surface area (Å²) in [6, 6.07) is 1.09. The predicted molar refractivity (Wildman–Crippen MR) is 51.3 cm³/mol. The van der Waals surface area contributed by atoms with E-state index < -0.39 is 0 Å². The van der Waals surface area contributed by atoms with Crippen molar-refractivity contribution in [1.29, 1.82) is 0 Å². The van der Waals surface area contributed by atoms with Crippen molar-refractivity contribution in [2.24, 2.45) is 5.16 Å². The fourth-order valence-corrected chi connectivity index (χ4v) is 2.48. The van der Waals surface area contributed by atoms with Gasteiger partial charge in [0, 0.05) is 38.0 Å². The van der Waals surface area contributed by atoms with Crippen LogP contribution in [0.4, 0.5) is 0 Å². The highest BCUT2D eigenvalue weighted by Gasteiger charge is 2.36. The Morgan fingerprint density at radius 1 is 1.23 bits per heavy atom. The van der Waals surface area contributed by atoms with Crippen molar-refractivity contribution < 1.29 is 5.21 Å². The molecule has 0 aromatic carbocycles. The lowest BCUT2D eigenvalue weighted by molar-refractivity contribution is 0.0515. The Labute approximate surface area is 78.8 Å². The highest BCUT2D eigenvalue weighted by molar-refractivity contribution is 5.86. The number of hydrogen-bond donors (Lipinski definition) is 1. The fourth-order valence-electron chi connectivity index (χ4n) is 2.48. The number of piperidine rings is 1. The Kier molecular flexibility index (Phi) is 2.26. The van der Waals surface area contributed by atoms with Gasteiger partial charge in [0.05, 0.1) is 5.71 Å². The Bertz CT molecular complexity index is 211. The molecule has 2 aliphatic heterocycles. The van der Waals surface area contributed by atoms with Gasteiger partial charge in [-0.2, -0.15) is 0 Å². The van der Waals surface area contributed by atoms with Crippen LogP contribution >= 0.6 is 0 Å². The lowest BCUT2D eigenvalue weighted by Crippen LogP contribution is -2.60. The minimum Gasteiger partial charge on any atom is -0.411 e. The first-order valence-electron chi connectivity index (χ1n) is 4.81. The number of fused-ring (bicyclic) bond motifs is 2. The third-order valence-electron chi connectivity index (χ3n) is 3.28. The molecule has 0 saturated carbocycles. The zero-order valence-corrected chi connectivity index (χ0v) is 8.27. The monoisotopic (exact) mass is 183 g/mol. The summed E-state index contributed by atoms with van der Waals surface area (Å²) in [5, 5.41) is 12.1. The first-order valence-corrected chi connectivity index (χ1v) is 4.81. The van der Waals surface area contributed by atoms with Crippen molar-refractivity contribution in [3.05, 3.63) is 0 Å². The molecule has 4 heteroatoms. The molecule has 0 aliphatic carbocycles. The zero-order valence-electron chi connectivity index (χ0n) is 8.27. The van der Waals surface area contributed by atoms with Gasteiger partial charge in [0.15, 0.2) is 0 Å². The summed E-state index contributed by atoms with van der Waals surface area (Å²) in [6.07, 6.45) is 1.85. The number of hydrogen-bond acceptors (Lipinski definition) is 4. The average Bonchev–Trinajstić information content (AvgIpc) is 2.07. The molecule has 0 aromatic heterocycles. The van der Waals surface area contributed by atoms with Crippen molar-refractivity contribution in [3.63, 3.8) is 0 Å². The van der Waals surface area contributed by atoms with E-state index in [0.29, 0.717) is 12.1 Å². The van der Waals surface area contributed by atoms with Gasteiger partial charge >= 0.3 is 0 Å². The fraction of sp³-hybridized carbons (Fsp3) is 0.889. The molecule has 0 amide bonds. The summed E-state index contributed by atoms with van der Waals surface area (Å²) in [4.78, 5) is 4.79. The number of piperazine rings is 1. The number of likely N-dealkylation sites (N-methyl/N-ethyl adjacent to an activating group) is 2. The molecule has 2 heterocycles. The molecule has 1 N–H and O–H groups in total. The van der Waals surface area contributed by atoms with E-state index in [-0.39, 0.29) is 0 Å². The molecule has 74 valence electrons. The van der Waals surface area contributed by atoms with Crippen molar-refractivity contribution in [2.75, 3.05) is 27.2 Å². The molecule has 2 fully saturated rings. The molecule has 2 saturated heterocycles. The van der Waals surface area contributed by atoms with Gasteiger partial charge in [0.1, 0.15) is 0 Å². The number of oxime groups is 1. The summed E-state index contributed by atoms with van der Waals surface area (Å²) >= 11 is 0. The summed E-state index contributed by atoms with van der Waals surface area (Å²) in [5.74, 6) is 0. The quantitative estimate of drug-likeness (QED) is 0.431. The third-order valence-corrected chi connectivity index (χ3v) is 3.28. The van der Waals surface area contributed by atoms with Gasteiger partial charge < -0.3 is 10.1 Å². The van der Waals surface area contributed by atoms with Crippen molar-refractivity contribution in [3.8, 4) is 0 Å². The van der Waals surface area contributed by atoms with Gasteiger partial charge in [0.2, 0.25) is 0 Å². The van der Waals surface area contributed by atoms with Gasteiger partial charge in [-0.25, -0.2) is 0 Å². The first-order chi connectivity index (χ1) is 6.20. The molecule has 0 spiro atoms. The molecule has 2 bridgehead atoms. The third kappa shape index (κ3) is 1.56. The van der Waals surface area contributed by atoms with E-state index in [1.54, 1.807) is 0 Å². The van der Waals surface area contributed by atoms with Gasteiger partial charge in [-0.1, -0.05) is 5.16 Å². The van der Waals surface area contributed by atoms with E-state index in [0.717, 1.165) is 31.6 Å². The van der Waals surface area contributed by atoms with E-state index in [1.807, 2.05) is 0 Å². The van der Waals surface area contributed by atoms with Crippen LogP contribution in [-0.2, 0) is 0 Å². The number of likely N-dealkylation sites (tertiary alicyclic amines) is 1. The van der Waals surface area contributed by atoms with Crippen LogP contribution in [0.25, 0.3) is 0 Å². The maximum atomic E-state index is 8.75. The summed E-state index contributed by atoms with van der Waals surface area (Å²) in [7, 11) is 4.34. The van der Waals surface area contributed by atoms with Crippen molar-refractivity contribution in [1.82, 2.24) is 9.80 Å². The van der Waals surface area contributed by atoms with Crippen LogP contribution in [0.2, 0.25) is 0 Å². The van der Waals surface area contributed by atoms with Crippen LogP contribution in [-0.4, -0.2) is 60.0 Å². The second-order valence-electron chi connectivity index (χ2n) is 4.27. The molecule has 2 unspecified atom stereocenters. The van der Waals surface area contributed by atoms with E-state index >= 15 is 0 Å². The molecule has 2 aliphatic rings. The van der Waals surface area contributed by atoms with Crippen LogP contribution < -0.4 is 0 Å². The lowest BCUT2D eigenvalue weighted by Gasteiger charge is -2.47. The Balaban J connectivity index is 2.13. The molecule has 0 radical (unpaired) electrons. The predicted octanol–water partition coefficient (Wildman–Crippen LogP) is 0.225. The molecular weight excluding hydrogens is 166 g/mol. The van der Waals surface area contributed by atoms with Crippen LogP contribution in [0.15, 0.2) is 5.16 Å². The smallest absolute Gasteiger partial charge is 0.0602 e. The van der Waals surface area contributed by atoms with E-state index in [9.17, 15) is 0 Å². The molecule has 0 aromatic rings. The minimum absolute atomic E-state index is 0.545. The van der Waals surface area contributed by atoms with Crippen LogP contribution in [0.1, 0.15) is 12.8 Å². The van der Waals surface area contributed by atoms with Crippen molar-refractivity contribution >= 4 is 5.71 Å². The normalized spacial score (nSPS) is 36.3. The van der Waals surface area contributed by atoms with Gasteiger partial charge in [-0.15, -0.1) is 0 Å². The number of rotatable bonds is 0. The summed E-state index contributed by atoms with van der Waals surface area (Å²) in [5.41, 5.74) is 0.973. The average molecular weight is 183 g/mol. The second kappa shape index (κ2) is 3.27. The highest BCUT2D eigenvalue weighted by Crippen LogP contribution is 2.24. The maximum absolute atomic E-state index is 8.75. The Morgan fingerprint density at radius 2 is 1.77 bits per heavy atom. The first kappa shape index (κ1) is 8.97. The van der Waals surface area contributed by atoms with E-state index in [1.165, 1.54) is 0 Å². The largest absolute Gasteiger partial charge is 0.411 e. The highest BCUT2D eigenvalue weighted by atomic mass is 16.4. The van der Waals surface area contributed by atoms with E-state index in [4.69, 9.17) is 5.21 Å². The molecule has 2 atom stereocenters. The summed E-state index contributed by atoms with van der Waals surface area (Å²) < 4.78 is 0. The van der Waals surface area contributed by atoms with E-state index in [2.05, 4.69) is 29.1 Å². The van der Waals surface area contributed by atoms with Gasteiger partial charge in [-0.3, -0.25) is 4.90 Å². The Morgan fingerprint density at radius 3 is 2.23 bits per heavy atom. The van der Waals surface area contributed by atoms with Crippen LogP contribution in [0, 0.1) is 0 Å². The molecule has 13 heavy (non-hydrogen) atoms. The maximum Gasteiger partial charge on any atom is 0.0602 e. The van der Waals surface area contributed by atoms with Crippen LogP contribution in [0.3, 0.4) is 0 Å². The lowest BCUT2D eigenvalue weighted by atomic mass is 9.91. The topological polar surface area (TPSA) is 39.1 Å². The minimum atomic E-state index is 0.545. The van der Waals surface area contributed by atoms with Crippen LogP contribution in [0.5, 0.6) is 0 Å². The summed E-state index contributed by atoms with van der Waals surface area (Å²) in [6.45, 7) is 2.18. The molecule has 4 nitrogen and oxygen atoms in total. The second-order valence-corrected chi connectivity index (χ2v) is 4.27. The van der Waals surface area contributed by atoms with Gasteiger partial charge in [-0.05, 0) is 14.1 Å². The SMILES string of the molecule is CN1CC2CC(=NO)CC(C1)N2C. The molecular formula is C9H17N3O. The number of nitrogens with zero attached hydrogens (tertiary/aromatic N) is 3. The van der Waals surface area contributed by atoms with Crippen molar-refractivity contribution in [2.45, 2.75) is 24.9 Å².